The zero-order chi connectivity index (χ0) is 20.6. The molecular weight excluding hydrogens is 352 g/mol. The Bertz CT molecular complexity index is 721. The van der Waals surface area contributed by atoms with E-state index in [1.54, 1.807) is 6.92 Å². The summed E-state index contributed by atoms with van der Waals surface area (Å²) in [7, 11) is 0. The standard InChI is InChI=1S/C24H32O4/c1-23(2,3)21(25)15-22(26)24(4,28-17-20-13-9-6-10-14-20)18-27-16-19-11-7-5-8-12-19/h5-14,21,25H,15-18H2,1-4H3/t21-,24-/m0/s1. The molecule has 0 radical (unpaired) electrons. The maximum Gasteiger partial charge on any atom is 0.169 e. The lowest BCUT2D eigenvalue weighted by atomic mass is 9.83. The molecule has 0 spiro atoms. The average Bonchev–Trinajstić information content (AvgIpc) is 2.67. The van der Waals surface area contributed by atoms with Crippen LogP contribution in [0.1, 0.15) is 45.2 Å². The lowest BCUT2D eigenvalue weighted by molar-refractivity contribution is -0.157. The molecule has 2 aromatic carbocycles. The summed E-state index contributed by atoms with van der Waals surface area (Å²) in [6.07, 6.45) is -0.711. The van der Waals surface area contributed by atoms with E-state index in [9.17, 15) is 9.90 Å². The smallest absolute Gasteiger partial charge is 0.169 e. The molecule has 4 heteroatoms. The number of rotatable bonds is 10. The zero-order valence-electron chi connectivity index (χ0n) is 17.4. The number of aliphatic hydroxyl groups is 1. The van der Waals surface area contributed by atoms with Crippen LogP contribution in [0.5, 0.6) is 0 Å². The number of Topliss-reactive ketones (excluding diaryl/α,β-unsaturated/α-hetero) is 1. The van der Waals surface area contributed by atoms with E-state index in [1.165, 1.54) is 0 Å². The van der Waals surface area contributed by atoms with Gasteiger partial charge in [-0.15, -0.1) is 0 Å². The van der Waals surface area contributed by atoms with Crippen molar-refractivity contribution in [1.82, 2.24) is 0 Å². The minimum absolute atomic E-state index is 0.0312. The highest BCUT2D eigenvalue weighted by atomic mass is 16.5. The van der Waals surface area contributed by atoms with Gasteiger partial charge in [0.15, 0.2) is 5.78 Å². The van der Waals surface area contributed by atoms with Crippen LogP contribution in [0.3, 0.4) is 0 Å². The number of ether oxygens (including phenoxy) is 2. The van der Waals surface area contributed by atoms with E-state index in [2.05, 4.69) is 0 Å². The summed E-state index contributed by atoms with van der Waals surface area (Å²) >= 11 is 0. The molecule has 0 saturated carbocycles. The first kappa shape index (κ1) is 22.3. The van der Waals surface area contributed by atoms with Gasteiger partial charge in [0, 0.05) is 6.42 Å². The Kier molecular flexibility index (Phi) is 7.93. The van der Waals surface area contributed by atoms with Crippen molar-refractivity contribution in [3.05, 3.63) is 71.8 Å². The van der Waals surface area contributed by atoms with Crippen LogP contribution in [0, 0.1) is 5.41 Å². The normalized spacial score (nSPS) is 15.0. The molecule has 0 bridgehead atoms. The van der Waals surface area contributed by atoms with Crippen LogP contribution in [0.2, 0.25) is 0 Å². The average molecular weight is 385 g/mol. The summed E-state index contributed by atoms with van der Waals surface area (Å²) in [5.41, 5.74) is 0.522. The van der Waals surface area contributed by atoms with Crippen LogP contribution in [0.15, 0.2) is 60.7 Å². The summed E-state index contributed by atoms with van der Waals surface area (Å²) in [4.78, 5) is 13.0. The van der Waals surface area contributed by atoms with E-state index < -0.39 is 11.7 Å². The Balaban J connectivity index is 2.05. The van der Waals surface area contributed by atoms with E-state index in [4.69, 9.17) is 9.47 Å². The number of carbonyl (C=O) groups excluding carboxylic acids is 1. The first-order valence-electron chi connectivity index (χ1n) is 9.71. The predicted octanol–water partition coefficient (Wildman–Crippen LogP) is 4.54. The largest absolute Gasteiger partial charge is 0.392 e. The maximum atomic E-state index is 13.0. The van der Waals surface area contributed by atoms with E-state index in [1.807, 2.05) is 81.4 Å². The van der Waals surface area contributed by atoms with Gasteiger partial charge in [-0.2, -0.15) is 0 Å². The van der Waals surface area contributed by atoms with Crippen molar-refractivity contribution >= 4 is 5.78 Å². The Morgan fingerprint density at radius 1 is 0.893 bits per heavy atom. The highest BCUT2D eigenvalue weighted by molar-refractivity contribution is 5.87. The van der Waals surface area contributed by atoms with Gasteiger partial charge in [0.05, 0.1) is 25.9 Å². The molecule has 4 nitrogen and oxygen atoms in total. The van der Waals surface area contributed by atoms with Crippen molar-refractivity contribution in [2.24, 2.45) is 5.41 Å². The Labute approximate surface area is 168 Å². The SMILES string of the molecule is CC(C)(C)[C@@H](O)CC(=O)[C@](C)(COCc1ccccc1)OCc1ccccc1. The molecule has 0 aliphatic carbocycles. The van der Waals surface area contributed by atoms with E-state index in [-0.39, 0.29) is 24.2 Å². The molecule has 0 aliphatic rings. The van der Waals surface area contributed by atoms with Crippen LogP contribution in [0.25, 0.3) is 0 Å². The molecule has 0 amide bonds. The number of ketones is 1. The van der Waals surface area contributed by atoms with E-state index >= 15 is 0 Å². The topological polar surface area (TPSA) is 55.8 Å². The number of carbonyl (C=O) groups is 1. The lowest BCUT2D eigenvalue weighted by Crippen LogP contribution is -2.45. The van der Waals surface area contributed by atoms with Crippen molar-refractivity contribution in [2.45, 2.75) is 59.0 Å². The number of hydrogen-bond acceptors (Lipinski definition) is 4. The van der Waals surface area contributed by atoms with Gasteiger partial charge in [-0.1, -0.05) is 81.4 Å². The van der Waals surface area contributed by atoms with Gasteiger partial charge in [-0.25, -0.2) is 0 Å². The summed E-state index contributed by atoms with van der Waals surface area (Å²) in [5.74, 6) is -0.154. The highest BCUT2D eigenvalue weighted by Gasteiger charge is 2.37. The van der Waals surface area contributed by atoms with Crippen molar-refractivity contribution in [2.75, 3.05) is 6.61 Å². The molecule has 1 N–H and O–H groups in total. The summed E-state index contributed by atoms with van der Waals surface area (Å²) in [6, 6.07) is 19.5. The molecule has 0 unspecified atom stereocenters. The number of hydrogen-bond donors (Lipinski definition) is 1. The van der Waals surface area contributed by atoms with E-state index in [0.717, 1.165) is 11.1 Å². The summed E-state index contributed by atoms with van der Waals surface area (Å²) < 4.78 is 11.9. The Morgan fingerprint density at radius 2 is 1.39 bits per heavy atom. The van der Waals surface area contributed by atoms with Gasteiger partial charge in [-0.05, 0) is 23.5 Å². The third-order valence-corrected chi connectivity index (χ3v) is 4.86. The fourth-order valence-electron chi connectivity index (χ4n) is 2.66. The molecule has 28 heavy (non-hydrogen) atoms. The predicted molar refractivity (Wildman–Crippen MR) is 111 cm³/mol. The zero-order valence-corrected chi connectivity index (χ0v) is 17.4. The van der Waals surface area contributed by atoms with Gasteiger partial charge in [-0.3, -0.25) is 4.79 Å². The minimum atomic E-state index is -1.13. The summed E-state index contributed by atoms with van der Waals surface area (Å²) in [6.45, 7) is 8.34. The molecule has 2 aromatic rings. The van der Waals surface area contributed by atoms with Gasteiger partial charge in [0.2, 0.25) is 0 Å². The maximum absolute atomic E-state index is 13.0. The monoisotopic (exact) mass is 384 g/mol. The van der Waals surface area contributed by atoms with Crippen LogP contribution in [0.4, 0.5) is 0 Å². The molecule has 0 fully saturated rings. The van der Waals surface area contributed by atoms with E-state index in [0.29, 0.717) is 13.2 Å². The van der Waals surface area contributed by atoms with Gasteiger partial charge >= 0.3 is 0 Å². The molecule has 0 heterocycles. The van der Waals surface area contributed by atoms with Crippen LogP contribution in [-0.2, 0) is 27.5 Å². The molecular formula is C24H32O4. The highest BCUT2D eigenvalue weighted by Crippen LogP contribution is 2.26. The van der Waals surface area contributed by atoms with Crippen LogP contribution in [-0.4, -0.2) is 29.2 Å². The Morgan fingerprint density at radius 3 is 1.89 bits per heavy atom. The second-order valence-corrected chi connectivity index (χ2v) is 8.49. The fourth-order valence-corrected chi connectivity index (χ4v) is 2.66. The van der Waals surface area contributed by atoms with Gasteiger partial charge in [0.1, 0.15) is 5.60 Å². The van der Waals surface area contributed by atoms with Crippen molar-refractivity contribution in [3.8, 4) is 0 Å². The molecule has 2 rings (SSSR count). The second kappa shape index (κ2) is 9.97. The van der Waals surface area contributed by atoms with Crippen molar-refractivity contribution in [3.63, 3.8) is 0 Å². The number of aliphatic hydroxyl groups excluding tert-OH is 1. The fraction of sp³-hybridized carbons (Fsp3) is 0.458. The van der Waals surface area contributed by atoms with Crippen LogP contribution >= 0.6 is 0 Å². The third-order valence-electron chi connectivity index (χ3n) is 4.86. The third kappa shape index (κ3) is 6.86. The number of benzene rings is 2. The molecule has 0 saturated heterocycles. The quantitative estimate of drug-likeness (QED) is 0.653. The minimum Gasteiger partial charge on any atom is -0.392 e. The van der Waals surface area contributed by atoms with Crippen molar-refractivity contribution in [1.29, 1.82) is 0 Å². The molecule has 2 atom stereocenters. The molecule has 152 valence electrons. The summed E-state index contributed by atoms with van der Waals surface area (Å²) in [5, 5.41) is 10.4. The Hall–Kier alpha value is -2.01. The molecule has 0 aliphatic heterocycles. The first-order chi connectivity index (χ1) is 13.2. The van der Waals surface area contributed by atoms with Crippen molar-refractivity contribution < 1.29 is 19.4 Å². The lowest BCUT2D eigenvalue weighted by Gasteiger charge is -2.32. The molecule has 0 aromatic heterocycles. The van der Waals surface area contributed by atoms with Gasteiger partial charge < -0.3 is 14.6 Å². The second-order valence-electron chi connectivity index (χ2n) is 8.49. The van der Waals surface area contributed by atoms with Crippen LogP contribution < -0.4 is 0 Å². The van der Waals surface area contributed by atoms with Gasteiger partial charge in [0.25, 0.3) is 0 Å². The first-order valence-corrected chi connectivity index (χ1v) is 9.71.